The number of aryl methyl sites for hydroxylation is 1. The summed E-state index contributed by atoms with van der Waals surface area (Å²) in [6.07, 6.45) is 1.74. The van der Waals surface area contributed by atoms with Gasteiger partial charge in [-0.25, -0.2) is 0 Å². The molecule has 0 radical (unpaired) electrons. The zero-order valence-electron chi connectivity index (χ0n) is 11.4. The van der Waals surface area contributed by atoms with Crippen LogP contribution in [0.15, 0.2) is 40.9 Å². The van der Waals surface area contributed by atoms with Crippen molar-refractivity contribution in [3.8, 4) is 17.2 Å². The molecule has 0 unspecified atom stereocenters. The Balaban J connectivity index is 2.29. The topological polar surface area (TPSA) is 35.5 Å². The number of ether oxygens (including phenoxy) is 2. The third kappa shape index (κ3) is 3.20. The van der Waals surface area contributed by atoms with E-state index in [4.69, 9.17) is 9.47 Å². The van der Waals surface area contributed by atoms with Crippen molar-refractivity contribution in [3.05, 3.63) is 52.0 Å². The van der Waals surface area contributed by atoms with E-state index in [0.717, 1.165) is 12.7 Å². The highest BCUT2D eigenvalue weighted by Crippen LogP contribution is 2.33. The van der Waals surface area contributed by atoms with Gasteiger partial charge in [-0.15, -0.1) is 0 Å². The highest BCUT2D eigenvalue weighted by molar-refractivity contribution is 9.10. The second-order valence-electron chi connectivity index (χ2n) is 4.24. The zero-order chi connectivity index (χ0) is 14.5. The Hall–Kier alpha value is -1.81. The molecule has 0 bridgehead atoms. The number of hydrogen-bond acceptors (Lipinski definition) is 3. The van der Waals surface area contributed by atoms with Crippen molar-refractivity contribution in [2.45, 2.75) is 13.3 Å². The Kier molecular flexibility index (Phi) is 4.79. The molecule has 0 fully saturated rings. The molecule has 0 amide bonds. The molecule has 0 N–H and O–H groups in total. The minimum Gasteiger partial charge on any atom is -0.493 e. The molecule has 4 heteroatoms. The molecule has 2 aromatic rings. The average Bonchev–Trinajstić information content (AvgIpc) is 2.48. The fourth-order valence-electron chi connectivity index (χ4n) is 1.81. The van der Waals surface area contributed by atoms with E-state index in [1.807, 2.05) is 18.2 Å². The van der Waals surface area contributed by atoms with Crippen LogP contribution in [-0.2, 0) is 6.42 Å². The number of rotatable bonds is 5. The molecule has 0 aromatic heterocycles. The lowest BCUT2D eigenvalue weighted by atomic mass is 10.1. The first kappa shape index (κ1) is 14.6. The summed E-state index contributed by atoms with van der Waals surface area (Å²) in [5, 5.41) is 0. The average molecular weight is 335 g/mol. The van der Waals surface area contributed by atoms with Crippen molar-refractivity contribution in [2.75, 3.05) is 7.11 Å². The van der Waals surface area contributed by atoms with Gasteiger partial charge in [-0.3, -0.25) is 4.79 Å². The maximum absolute atomic E-state index is 10.8. The van der Waals surface area contributed by atoms with E-state index < -0.39 is 0 Å². The highest BCUT2D eigenvalue weighted by Gasteiger charge is 2.08. The first-order valence-electron chi connectivity index (χ1n) is 6.27. The number of carbonyl (C=O) groups excluding carboxylic acids is 1. The first-order valence-corrected chi connectivity index (χ1v) is 7.06. The first-order chi connectivity index (χ1) is 9.67. The standard InChI is InChI=1S/C16H15BrO3/c1-3-11-4-7-15(16(8-11)19-2)20-13-6-5-12(10-18)14(17)9-13/h4-10H,3H2,1-2H3. The fraction of sp³-hybridized carbons (Fsp3) is 0.188. The summed E-state index contributed by atoms with van der Waals surface area (Å²) in [5.41, 5.74) is 1.78. The molecule has 0 saturated heterocycles. The van der Waals surface area contributed by atoms with Crippen LogP contribution in [0.4, 0.5) is 0 Å². The largest absolute Gasteiger partial charge is 0.493 e. The number of benzene rings is 2. The molecule has 2 rings (SSSR count). The van der Waals surface area contributed by atoms with Gasteiger partial charge in [0.05, 0.1) is 7.11 Å². The van der Waals surface area contributed by atoms with E-state index in [2.05, 4.69) is 22.9 Å². The van der Waals surface area contributed by atoms with Gasteiger partial charge in [0.1, 0.15) is 5.75 Å². The normalized spacial score (nSPS) is 10.2. The Labute approximate surface area is 126 Å². The third-order valence-electron chi connectivity index (χ3n) is 2.96. The minimum absolute atomic E-state index is 0.589. The molecule has 0 aliphatic heterocycles. The molecule has 20 heavy (non-hydrogen) atoms. The highest BCUT2D eigenvalue weighted by atomic mass is 79.9. The maximum Gasteiger partial charge on any atom is 0.169 e. The summed E-state index contributed by atoms with van der Waals surface area (Å²) in [5.74, 6) is 1.99. The van der Waals surface area contributed by atoms with Crippen LogP contribution in [0.25, 0.3) is 0 Å². The van der Waals surface area contributed by atoms with Crippen molar-refractivity contribution >= 4 is 22.2 Å². The van der Waals surface area contributed by atoms with Crippen LogP contribution in [0.3, 0.4) is 0 Å². The predicted octanol–water partition coefficient (Wildman–Crippen LogP) is 4.62. The third-order valence-corrected chi connectivity index (χ3v) is 3.65. The summed E-state index contributed by atoms with van der Waals surface area (Å²) < 4.78 is 11.9. The minimum atomic E-state index is 0.589. The van der Waals surface area contributed by atoms with Crippen molar-refractivity contribution in [2.24, 2.45) is 0 Å². The Morgan fingerprint density at radius 3 is 2.55 bits per heavy atom. The van der Waals surface area contributed by atoms with Gasteiger partial charge in [-0.2, -0.15) is 0 Å². The maximum atomic E-state index is 10.8. The predicted molar refractivity (Wildman–Crippen MR) is 82.0 cm³/mol. The molecule has 0 aliphatic rings. The summed E-state index contributed by atoms with van der Waals surface area (Å²) in [6.45, 7) is 2.09. The van der Waals surface area contributed by atoms with Crippen molar-refractivity contribution in [1.82, 2.24) is 0 Å². The summed E-state index contributed by atoms with van der Waals surface area (Å²) in [7, 11) is 1.62. The lowest BCUT2D eigenvalue weighted by Gasteiger charge is -2.12. The smallest absolute Gasteiger partial charge is 0.169 e. The summed E-state index contributed by atoms with van der Waals surface area (Å²) in [4.78, 5) is 10.8. The molecule has 0 saturated carbocycles. The van der Waals surface area contributed by atoms with Gasteiger partial charge in [0.25, 0.3) is 0 Å². The lowest BCUT2D eigenvalue weighted by molar-refractivity contribution is 0.112. The van der Waals surface area contributed by atoms with E-state index in [1.165, 1.54) is 5.56 Å². The van der Waals surface area contributed by atoms with E-state index in [-0.39, 0.29) is 0 Å². The zero-order valence-corrected chi connectivity index (χ0v) is 12.9. The van der Waals surface area contributed by atoms with Gasteiger partial charge in [-0.05, 0) is 58.2 Å². The lowest BCUT2D eigenvalue weighted by Crippen LogP contribution is -1.93. The number of methoxy groups -OCH3 is 1. The molecule has 0 atom stereocenters. The summed E-state index contributed by atoms with van der Waals surface area (Å²) >= 11 is 3.34. The SMILES string of the molecule is CCc1ccc(Oc2ccc(C=O)c(Br)c2)c(OC)c1. The van der Waals surface area contributed by atoms with Crippen LogP contribution in [0, 0.1) is 0 Å². The second-order valence-corrected chi connectivity index (χ2v) is 5.10. The fourth-order valence-corrected chi connectivity index (χ4v) is 2.26. The van der Waals surface area contributed by atoms with Crippen LogP contribution >= 0.6 is 15.9 Å². The van der Waals surface area contributed by atoms with Gasteiger partial charge >= 0.3 is 0 Å². The monoisotopic (exact) mass is 334 g/mol. The second kappa shape index (κ2) is 6.57. The van der Waals surface area contributed by atoms with Crippen LogP contribution < -0.4 is 9.47 Å². The Morgan fingerprint density at radius 2 is 1.95 bits per heavy atom. The van der Waals surface area contributed by atoms with Crippen LogP contribution in [0.1, 0.15) is 22.8 Å². The van der Waals surface area contributed by atoms with E-state index in [9.17, 15) is 4.79 Å². The van der Waals surface area contributed by atoms with E-state index >= 15 is 0 Å². The van der Waals surface area contributed by atoms with Crippen LogP contribution in [-0.4, -0.2) is 13.4 Å². The molecule has 0 aliphatic carbocycles. The molecule has 0 spiro atoms. The number of carbonyl (C=O) groups is 1. The molecule has 3 nitrogen and oxygen atoms in total. The molecular formula is C16H15BrO3. The van der Waals surface area contributed by atoms with Crippen molar-refractivity contribution in [1.29, 1.82) is 0 Å². The summed E-state index contributed by atoms with van der Waals surface area (Å²) in [6, 6.07) is 11.1. The van der Waals surface area contributed by atoms with Crippen molar-refractivity contribution in [3.63, 3.8) is 0 Å². The Morgan fingerprint density at radius 1 is 1.15 bits per heavy atom. The van der Waals surface area contributed by atoms with Gasteiger partial charge in [-0.1, -0.05) is 13.0 Å². The molecule has 104 valence electrons. The van der Waals surface area contributed by atoms with Crippen LogP contribution in [0.5, 0.6) is 17.2 Å². The number of halogens is 1. The van der Waals surface area contributed by atoms with Gasteiger partial charge in [0, 0.05) is 10.0 Å². The van der Waals surface area contributed by atoms with Crippen LogP contribution in [0.2, 0.25) is 0 Å². The quantitative estimate of drug-likeness (QED) is 0.748. The number of hydrogen-bond donors (Lipinski definition) is 0. The van der Waals surface area contributed by atoms with E-state index in [1.54, 1.807) is 25.3 Å². The van der Waals surface area contributed by atoms with Gasteiger partial charge < -0.3 is 9.47 Å². The number of aldehydes is 1. The molecular weight excluding hydrogens is 320 g/mol. The molecule has 2 aromatic carbocycles. The molecule has 0 heterocycles. The van der Waals surface area contributed by atoms with Gasteiger partial charge in [0.2, 0.25) is 0 Å². The Bertz CT molecular complexity index is 623. The van der Waals surface area contributed by atoms with Crippen molar-refractivity contribution < 1.29 is 14.3 Å². The van der Waals surface area contributed by atoms with Gasteiger partial charge in [0.15, 0.2) is 17.8 Å². The van der Waals surface area contributed by atoms with E-state index in [0.29, 0.717) is 27.3 Å².